The Morgan fingerprint density at radius 1 is 1.04 bits per heavy atom. The summed E-state index contributed by atoms with van der Waals surface area (Å²) in [5.41, 5.74) is 1.54. The van der Waals surface area contributed by atoms with Crippen LogP contribution in [0.4, 0.5) is 5.69 Å². The highest BCUT2D eigenvalue weighted by molar-refractivity contribution is 6.39. The maximum Gasteiger partial charge on any atom is 0.313 e. The molecule has 1 unspecified atom stereocenters. The molecule has 2 aromatic rings. The van der Waals surface area contributed by atoms with Crippen LogP contribution < -0.4 is 14.8 Å². The summed E-state index contributed by atoms with van der Waals surface area (Å²) in [5, 5.41) is 2.65. The number of likely N-dealkylation sites (tertiary alicyclic amines) is 1. The number of methoxy groups -OCH3 is 2. The van der Waals surface area contributed by atoms with Crippen LogP contribution in [0.15, 0.2) is 48.5 Å². The summed E-state index contributed by atoms with van der Waals surface area (Å²) in [4.78, 5) is 26.8. The van der Waals surface area contributed by atoms with Gasteiger partial charge in [-0.25, -0.2) is 0 Å². The van der Waals surface area contributed by atoms with Gasteiger partial charge in [0.2, 0.25) is 0 Å². The number of hydrogen-bond donors (Lipinski definition) is 1. The van der Waals surface area contributed by atoms with Crippen LogP contribution in [-0.4, -0.2) is 37.5 Å². The minimum atomic E-state index is -0.653. The van der Waals surface area contributed by atoms with Crippen LogP contribution in [0.2, 0.25) is 0 Å². The van der Waals surface area contributed by atoms with Crippen molar-refractivity contribution in [2.24, 2.45) is 0 Å². The van der Waals surface area contributed by atoms with E-state index in [0.717, 1.165) is 18.4 Å². The van der Waals surface area contributed by atoms with Gasteiger partial charge in [0, 0.05) is 18.3 Å². The number of benzene rings is 2. The van der Waals surface area contributed by atoms with E-state index in [9.17, 15) is 9.59 Å². The van der Waals surface area contributed by atoms with Crippen LogP contribution >= 0.6 is 0 Å². The summed E-state index contributed by atoms with van der Waals surface area (Å²) in [6, 6.07) is 14.7. The zero-order valence-corrected chi connectivity index (χ0v) is 14.9. The quantitative estimate of drug-likeness (QED) is 0.857. The van der Waals surface area contributed by atoms with Gasteiger partial charge in [-0.15, -0.1) is 0 Å². The van der Waals surface area contributed by atoms with Gasteiger partial charge in [0.05, 0.1) is 20.3 Å². The van der Waals surface area contributed by atoms with Gasteiger partial charge in [0.1, 0.15) is 0 Å². The van der Waals surface area contributed by atoms with E-state index in [-0.39, 0.29) is 6.04 Å². The highest BCUT2D eigenvalue weighted by Gasteiger charge is 2.33. The normalized spacial score (nSPS) is 16.2. The van der Waals surface area contributed by atoms with Crippen LogP contribution in [0.25, 0.3) is 0 Å². The van der Waals surface area contributed by atoms with Crippen molar-refractivity contribution in [3.8, 4) is 11.5 Å². The molecule has 1 aliphatic heterocycles. The molecule has 0 saturated carbocycles. The summed E-state index contributed by atoms with van der Waals surface area (Å²) in [7, 11) is 3.06. The first-order valence-electron chi connectivity index (χ1n) is 8.53. The van der Waals surface area contributed by atoms with Gasteiger partial charge < -0.3 is 19.7 Å². The molecular weight excluding hydrogens is 332 g/mol. The van der Waals surface area contributed by atoms with Crippen molar-refractivity contribution in [3.05, 3.63) is 54.1 Å². The SMILES string of the molecule is COc1ccc(NC(=O)C(=O)N2CCCC2c2ccccc2)cc1OC. The molecule has 0 aliphatic carbocycles. The molecule has 1 fully saturated rings. The van der Waals surface area contributed by atoms with Crippen LogP contribution in [0, 0.1) is 0 Å². The predicted molar refractivity (Wildman–Crippen MR) is 98.3 cm³/mol. The van der Waals surface area contributed by atoms with Gasteiger partial charge in [-0.2, -0.15) is 0 Å². The Morgan fingerprint density at radius 3 is 2.46 bits per heavy atom. The molecule has 1 heterocycles. The third kappa shape index (κ3) is 3.64. The maximum atomic E-state index is 12.7. The first-order chi connectivity index (χ1) is 12.6. The summed E-state index contributed by atoms with van der Waals surface area (Å²) >= 11 is 0. The number of ether oxygens (including phenoxy) is 2. The molecule has 0 spiro atoms. The molecule has 1 saturated heterocycles. The van der Waals surface area contributed by atoms with Crippen molar-refractivity contribution in [2.75, 3.05) is 26.1 Å². The van der Waals surface area contributed by atoms with E-state index in [1.807, 2.05) is 30.3 Å². The van der Waals surface area contributed by atoms with E-state index in [1.54, 1.807) is 23.1 Å². The number of carbonyl (C=O) groups excluding carboxylic acids is 2. The molecule has 1 N–H and O–H groups in total. The Bertz CT molecular complexity index is 792. The first kappa shape index (κ1) is 17.8. The van der Waals surface area contributed by atoms with Crippen LogP contribution in [0.3, 0.4) is 0 Å². The molecule has 0 bridgehead atoms. The molecule has 1 aliphatic rings. The van der Waals surface area contributed by atoms with Gasteiger partial charge in [0.15, 0.2) is 11.5 Å². The Hall–Kier alpha value is -3.02. The molecule has 26 heavy (non-hydrogen) atoms. The van der Waals surface area contributed by atoms with Gasteiger partial charge in [-0.3, -0.25) is 9.59 Å². The lowest BCUT2D eigenvalue weighted by atomic mass is 10.0. The standard InChI is InChI=1S/C20H22N2O4/c1-25-17-11-10-15(13-18(17)26-2)21-19(23)20(24)22-12-6-9-16(22)14-7-4-3-5-8-14/h3-5,7-8,10-11,13,16H,6,9,12H2,1-2H3,(H,21,23). The number of amides is 2. The van der Waals surface area contributed by atoms with Gasteiger partial charge in [-0.1, -0.05) is 30.3 Å². The van der Waals surface area contributed by atoms with Crippen LogP contribution in [0.1, 0.15) is 24.4 Å². The zero-order valence-electron chi connectivity index (χ0n) is 14.9. The van der Waals surface area contributed by atoms with E-state index in [1.165, 1.54) is 14.2 Å². The molecule has 3 rings (SSSR count). The Kier molecular flexibility index (Phi) is 5.41. The predicted octanol–water partition coefficient (Wildman–Crippen LogP) is 3.01. The number of hydrogen-bond acceptors (Lipinski definition) is 4. The Balaban J connectivity index is 1.72. The second kappa shape index (κ2) is 7.91. The van der Waals surface area contributed by atoms with E-state index in [4.69, 9.17) is 9.47 Å². The smallest absolute Gasteiger partial charge is 0.313 e. The molecule has 2 amide bonds. The summed E-state index contributed by atoms with van der Waals surface area (Å²) in [6.07, 6.45) is 1.74. The van der Waals surface area contributed by atoms with Crippen molar-refractivity contribution < 1.29 is 19.1 Å². The van der Waals surface area contributed by atoms with Crippen LogP contribution in [-0.2, 0) is 9.59 Å². The molecule has 2 aromatic carbocycles. The fourth-order valence-electron chi connectivity index (χ4n) is 3.26. The molecule has 6 nitrogen and oxygen atoms in total. The number of rotatable bonds is 4. The molecule has 0 aromatic heterocycles. The zero-order chi connectivity index (χ0) is 18.5. The van der Waals surface area contributed by atoms with Crippen molar-refractivity contribution in [1.82, 2.24) is 4.90 Å². The summed E-state index contributed by atoms with van der Waals surface area (Å²) in [5.74, 6) is -0.132. The first-order valence-corrected chi connectivity index (χ1v) is 8.53. The number of nitrogens with one attached hydrogen (secondary N) is 1. The third-order valence-electron chi connectivity index (χ3n) is 4.53. The van der Waals surface area contributed by atoms with Gasteiger partial charge >= 0.3 is 11.8 Å². The second-order valence-electron chi connectivity index (χ2n) is 6.09. The lowest BCUT2D eigenvalue weighted by molar-refractivity contribution is -0.143. The number of nitrogens with zero attached hydrogens (tertiary/aromatic N) is 1. The molecule has 1 atom stereocenters. The van der Waals surface area contributed by atoms with Crippen LogP contribution in [0.5, 0.6) is 11.5 Å². The summed E-state index contributed by atoms with van der Waals surface area (Å²) in [6.45, 7) is 0.581. The monoisotopic (exact) mass is 354 g/mol. The Labute approximate surface area is 152 Å². The Morgan fingerprint density at radius 2 is 1.77 bits per heavy atom. The van der Waals surface area contributed by atoms with Crippen molar-refractivity contribution in [3.63, 3.8) is 0 Å². The largest absolute Gasteiger partial charge is 0.493 e. The van der Waals surface area contributed by atoms with E-state index >= 15 is 0 Å². The summed E-state index contributed by atoms with van der Waals surface area (Å²) < 4.78 is 10.4. The molecular formula is C20H22N2O4. The number of carbonyl (C=O) groups is 2. The minimum absolute atomic E-state index is 0.0557. The molecule has 6 heteroatoms. The van der Waals surface area contributed by atoms with Crippen molar-refractivity contribution in [2.45, 2.75) is 18.9 Å². The van der Waals surface area contributed by atoms with E-state index < -0.39 is 11.8 Å². The van der Waals surface area contributed by atoms with E-state index in [0.29, 0.717) is 23.7 Å². The van der Waals surface area contributed by atoms with Crippen molar-refractivity contribution in [1.29, 1.82) is 0 Å². The third-order valence-corrected chi connectivity index (χ3v) is 4.53. The topological polar surface area (TPSA) is 67.9 Å². The fourth-order valence-corrected chi connectivity index (χ4v) is 3.26. The fraction of sp³-hybridized carbons (Fsp3) is 0.300. The van der Waals surface area contributed by atoms with Gasteiger partial charge in [0.25, 0.3) is 0 Å². The maximum absolute atomic E-state index is 12.7. The van der Waals surface area contributed by atoms with E-state index in [2.05, 4.69) is 5.32 Å². The highest BCUT2D eigenvalue weighted by atomic mass is 16.5. The number of anilines is 1. The minimum Gasteiger partial charge on any atom is -0.493 e. The molecule has 136 valence electrons. The van der Waals surface area contributed by atoms with Crippen molar-refractivity contribution >= 4 is 17.5 Å². The average molecular weight is 354 g/mol. The van der Waals surface area contributed by atoms with Gasteiger partial charge in [-0.05, 0) is 30.5 Å². The lowest BCUT2D eigenvalue weighted by Crippen LogP contribution is -2.39. The second-order valence-corrected chi connectivity index (χ2v) is 6.09. The highest BCUT2D eigenvalue weighted by Crippen LogP contribution is 2.32. The average Bonchev–Trinajstić information content (AvgIpc) is 3.17. The molecule has 0 radical (unpaired) electrons. The lowest BCUT2D eigenvalue weighted by Gasteiger charge is -2.24.